The van der Waals surface area contributed by atoms with Crippen molar-refractivity contribution in [2.45, 2.75) is 20.3 Å². The minimum atomic E-state index is -0.144. The van der Waals surface area contributed by atoms with Gasteiger partial charge in [0.15, 0.2) is 0 Å². The van der Waals surface area contributed by atoms with Crippen LogP contribution in [0.3, 0.4) is 0 Å². The molecule has 0 saturated heterocycles. The molecule has 0 atom stereocenters. The molecule has 0 aliphatic rings. The molecule has 1 aromatic carbocycles. The Morgan fingerprint density at radius 1 is 1.22 bits per heavy atom. The number of nitrogens with one attached hydrogen (secondary N) is 1. The Morgan fingerprint density at radius 2 is 1.96 bits per heavy atom. The quantitative estimate of drug-likeness (QED) is 0.797. The monoisotopic (exact) mass is 310 g/mol. The molecule has 1 amide bonds. The van der Waals surface area contributed by atoms with Gasteiger partial charge >= 0.3 is 0 Å². The lowest BCUT2D eigenvalue weighted by atomic mass is 10.1. The summed E-state index contributed by atoms with van der Waals surface area (Å²) in [4.78, 5) is 12.3. The van der Waals surface area contributed by atoms with E-state index in [-0.39, 0.29) is 12.3 Å². The number of carbonyl (C=O) groups is 1. The summed E-state index contributed by atoms with van der Waals surface area (Å²) < 4.78 is 3.52. The largest absolute Gasteiger partial charge is 0.294 e. The van der Waals surface area contributed by atoms with Gasteiger partial charge in [-0.3, -0.25) is 19.4 Å². The molecule has 0 fully saturated rings. The van der Waals surface area contributed by atoms with Crippen molar-refractivity contribution >= 4 is 11.9 Å². The lowest BCUT2D eigenvalue weighted by molar-refractivity contribution is -0.115. The van der Waals surface area contributed by atoms with Gasteiger partial charge in [0.25, 0.3) is 0 Å². The maximum absolute atomic E-state index is 12.3. The van der Waals surface area contributed by atoms with Gasteiger partial charge in [-0.05, 0) is 26.0 Å². The second kappa shape index (κ2) is 6.04. The van der Waals surface area contributed by atoms with E-state index in [1.165, 1.54) is 0 Å². The van der Waals surface area contributed by atoms with Crippen LogP contribution in [0.25, 0.3) is 5.69 Å². The van der Waals surface area contributed by atoms with Crippen LogP contribution in [0.1, 0.15) is 17.0 Å². The standard InChI is InChI=1S/C16H18N6O/c1-11-14(12(2)21(3)20-11)9-15(23)18-16-19-17-10-22(16)13-7-5-4-6-8-13/h4-8,10H,9H2,1-3H3,(H,18,19,23). The second-order valence-corrected chi connectivity index (χ2v) is 5.36. The van der Waals surface area contributed by atoms with Gasteiger partial charge in [0.2, 0.25) is 11.9 Å². The first-order valence-electron chi connectivity index (χ1n) is 7.30. The highest BCUT2D eigenvalue weighted by atomic mass is 16.1. The van der Waals surface area contributed by atoms with Crippen LogP contribution in [0.4, 0.5) is 5.95 Å². The molecule has 0 aliphatic heterocycles. The number of carbonyl (C=O) groups excluding carboxylic acids is 1. The molecule has 3 aromatic rings. The maximum Gasteiger partial charge on any atom is 0.235 e. The van der Waals surface area contributed by atoms with Crippen LogP contribution in [0, 0.1) is 13.8 Å². The normalized spacial score (nSPS) is 10.7. The molecule has 2 heterocycles. The van der Waals surface area contributed by atoms with E-state index >= 15 is 0 Å². The van der Waals surface area contributed by atoms with Crippen molar-refractivity contribution in [3.63, 3.8) is 0 Å². The summed E-state index contributed by atoms with van der Waals surface area (Å²) in [5.74, 6) is 0.259. The van der Waals surface area contributed by atoms with Gasteiger partial charge in [0, 0.05) is 18.3 Å². The number of aryl methyl sites for hydroxylation is 2. The smallest absolute Gasteiger partial charge is 0.235 e. The highest BCUT2D eigenvalue weighted by Gasteiger charge is 2.15. The highest BCUT2D eigenvalue weighted by molar-refractivity contribution is 5.91. The van der Waals surface area contributed by atoms with Gasteiger partial charge in [0.05, 0.1) is 17.8 Å². The first-order valence-corrected chi connectivity index (χ1v) is 7.30. The van der Waals surface area contributed by atoms with E-state index in [2.05, 4.69) is 20.6 Å². The number of amides is 1. The van der Waals surface area contributed by atoms with E-state index in [9.17, 15) is 4.79 Å². The van der Waals surface area contributed by atoms with Gasteiger partial charge in [-0.15, -0.1) is 10.2 Å². The molecule has 2 aromatic heterocycles. The number of rotatable bonds is 4. The number of anilines is 1. The zero-order valence-electron chi connectivity index (χ0n) is 13.3. The predicted octanol–water partition coefficient (Wildman–Crippen LogP) is 1.80. The van der Waals surface area contributed by atoms with Crippen molar-refractivity contribution in [3.8, 4) is 5.69 Å². The third-order valence-corrected chi connectivity index (χ3v) is 3.83. The van der Waals surface area contributed by atoms with Crippen LogP contribution >= 0.6 is 0 Å². The van der Waals surface area contributed by atoms with Gasteiger partial charge in [-0.2, -0.15) is 5.10 Å². The fraction of sp³-hybridized carbons (Fsp3) is 0.250. The Kier molecular flexibility index (Phi) is 3.92. The van der Waals surface area contributed by atoms with Gasteiger partial charge in [0.1, 0.15) is 6.33 Å². The number of benzene rings is 1. The summed E-state index contributed by atoms with van der Waals surface area (Å²) >= 11 is 0. The fourth-order valence-electron chi connectivity index (χ4n) is 2.50. The lowest BCUT2D eigenvalue weighted by Gasteiger charge is -2.08. The van der Waals surface area contributed by atoms with Gasteiger partial charge < -0.3 is 0 Å². The third kappa shape index (κ3) is 2.98. The van der Waals surface area contributed by atoms with Crippen LogP contribution in [0.5, 0.6) is 0 Å². The molecule has 0 spiro atoms. The highest BCUT2D eigenvalue weighted by Crippen LogP contribution is 2.15. The number of aromatic nitrogens is 5. The molecule has 23 heavy (non-hydrogen) atoms. The van der Waals surface area contributed by atoms with Crippen LogP contribution < -0.4 is 5.32 Å². The first kappa shape index (κ1) is 15.0. The Hall–Kier alpha value is -2.96. The molecule has 3 rings (SSSR count). The van der Waals surface area contributed by atoms with Crippen molar-refractivity contribution < 1.29 is 4.79 Å². The summed E-state index contributed by atoms with van der Waals surface area (Å²) in [5, 5.41) is 15.0. The van der Waals surface area contributed by atoms with Crippen molar-refractivity contribution in [2.75, 3.05) is 5.32 Å². The first-order chi connectivity index (χ1) is 11.1. The zero-order chi connectivity index (χ0) is 16.4. The number of hydrogen-bond acceptors (Lipinski definition) is 4. The van der Waals surface area contributed by atoms with Gasteiger partial charge in [-0.25, -0.2) is 0 Å². The molecule has 7 heteroatoms. The minimum absolute atomic E-state index is 0.144. The molecule has 0 bridgehead atoms. The molecule has 0 radical (unpaired) electrons. The summed E-state index contributed by atoms with van der Waals surface area (Å²) in [5.41, 5.74) is 3.68. The van der Waals surface area contributed by atoms with Crippen LogP contribution in [-0.2, 0) is 18.3 Å². The topological polar surface area (TPSA) is 77.6 Å². The Labute approximate surface area is 134 Å². The van der Waals surface area contributed by atoms with E-state index < -0.39 is 0 Å². The minimum Gasteiger partial charge on any atom is -0.294 e. The molecular weight excluding hydrogens is 292 g/mol. The van der Waals surface area contributed by atoms with Crippen molar-refractivity contribution in [3.05, 3.63) is 53.6 Å². The Balaban J connectivity index is 1.78. The maximum atomic E-state index is 12.3. The number of nitrogens with zero attached hydrogens (tertiary/aromatic N) is 5. The van der Waals surface area contributed by atoms with Crippen LogP contribution in [0.15, 0.2) is 36.7 Å². The van der Waals surface area contributed by atoms with Gasteiger partial charge in [-0.1, -0.05) is 18.2 Å². The number of hydrogen-bond donors (Lipinski definition) is 1. The summed E-state index contributed by atoms with van der Waals surface area (Å²) in [7, 11) is 1.87. The summed E-state index contributed by atoms with van der Waals surface area (Å²) in [6.45, 7) is 3.86. The van der Waals surface area contributed by atoms with E-state index in [4.69, 9.17) is 0 Å². The molecule has 0 saturated carbocycles. The van der Waals surface area contributed by atoms with E-state index in [1.807, 2.05) is 51.2 Å². The third-order valence-electron chi connectivity index (χ3n) is 3.83. The fourth-order valence-corrected chi connectivity index (χ4v) is 2.50. The molecule has 1 N–H and O–H groups in total. The molecule has 118 valence electrons. The molecule has 0 aliphatic carbocycles. The predicted molar refractivity (Wildman–Crippen MR) is 86.4 cm³/mol. The van der Waals surface area contributed by atoms with E-state index in [0.29, 0.717) is 5.95 Å². The van der Waals surface area contributed by atoms with Crippen LogP contribution in [-0.4, -0.2) is 30.5 Å². The van der Waals surface area contributed by atoms with Crippen molar-refractivity contribution in [1.29, 1.82) is 0 Å². The molecule has 0 unspecified atom stereocenters. The Bertz CT molecular complexity index is 834. The summed E-state index contributed by atoms with van der Waals surface area (Å²) in [6.07, 6.45) is 1.83. The average molecular weight is 310 g/mol. The van der Waals surface area contributed by atoms with Crippen molar-refractivity contribution in [1.82, 2.24) is 24.5 Å². The zero-order valence-corrected chi connectivity index (χ0v) is 13.3. The Morgan fingerprint density at radius 3 is 2.61 bits per heavy atom. The SMILES string of the molecule is Cc1nn(C)c(C)c1CC(=O)Nc1nncn1-c1ccccc1. The van der Waals surface area contributed by atoms with Crippen molar-refractivity contribution in [2.24, 2.45) is 7.05 Å². The van der Waals surface area contributed by atoms with Crippen LogP contribution in [0.2, 0.25) is 0 Å². The molecule has 7 nitrogen and oxygen atoms in total. The second-order valence-electron chi connectivity index (χ2n) is 5.36. The average Bonchev–Trinajstić information content (AvgIpc) is 3.08. The lowest BCUT2D eigenvalue weighted by Crippen LogP contribution is -2.18. The van der Waals surface area contributed by atoms with E-state index in [1.54, 1.807) is 15.6 Å². The number of para-hydroxylation sites is 1. The van der Waals surface area contributed by atoms with E-state index in [0.717, 1.165) is 22.6 Å². The molecular formula is C16H18N6O. The summed E-state index contributed by atoms with van der Waals surface area (Å²) in [6, 6.07) is 9.62.